The molecule has 3 aromatic rings. The fraction of sp³-hybridized carbons (Fsp3) is 0.318. The van der Waals surface area contributed by atoms with Crippen molar-refractivity contribution in [1.29, 1.82) is 0 Å². The summed E-state index contributed by atoms with van der Waals surface area (Å²) in [6, 6.07) is 15.0. The van der Waals surface area contributed by atoms with Crippen LogP contribution in [0.25, 0.3) is 5.69 Å². The molecular weight excluding hydrogens is 436 g/mol. The molecule has 1 fully saturated rings. The predicted octanol–water partition coefficient (Wildman–Crippen LogP) is 3.66. The van der Waals surface area contributed by atoms with Crippen LogP contribution in [-0.4, -0.2) is 55.8 Å². The summed E-state index contributed by atoms with van der Waals surface area (Å²) in [7, 11) is -2.03. The molecule has 0 amide bonds. The predicted molar refractivity (Wildman–Crippen MR) is 122 cm³/mol. The summed E-state index contributed by atoms with van der Waals surface area (Å²) in [6.07, 6.45) is 0. The van der Waals surface area contributed by atoms with Gasteiger partial charge >= 0.3 is 0 Å². The lowest BCUT2D eigenvalue weighted by atomic mass is 10.2. The van der Waals surface area contributed by atoms with Crippen LogP contribution in [0.5, 0.6) is 5.75 Å². The van der Waals surface area contributed by atoms with Crippen molar-refractivity contribution in [3.8, 4) is 11.4 Å². The molecule has 0 saturated carbocycles. The number of halogens is 1. The second-order valence-electron chi connectivity index (χ2n) is 7.45. The molecule has 1 aliphatic rings. The lowest BCUT2D eigenvalue weighted by molar-refractivity contribution is 0.378. The highest BCUT2D eigenvalue weighted by atomic mass is 35.5. The van der Waals surface area contributed by atoms with E-state index in [0.29, 0.717) is 42.6 Å². The minimum absolute atomic E-state index is 0.271. The van der Waals surface area contributed by atoms with Crippen molar-refractivity contribution in [3.63, 3.8) is 0 Å². The molecule has 1 aromatic heterocycles. The Labute approximate surface area is 187 Å². The molecule has 9 heteroatoms. The number of piperazine rings is 1. The van der Waals surface area contributed by atoms with Gasteiger partial charge < -0.3 is 9.64 Å². The molecule has 0 atom stereocenters. The molecular formula is C22H25ClN4O3S. The summed E-state index contributed by atoms with van der Waals surface area (Å²) in [5.74, 6) is 0.787. The maximum atomic E-state index is 13.5. The lowest BCUT2D eigenvalue weighted by Gasteiger charge is -2.35. The number of ether oxygens (including phenoxy) is 1. The summed E-state index contributed by atoms with van der Waals surface area (Å²) < 4.78 is 35.7. The number of para-hydroxylation sites is 2. The Balaban J connectivity index is 1.58. The Morgan fingerprint density at radius 1 is 0.968 bits per heavy atom. The molecule has 0 radical (unpaired) electrons. The second kappa shape index (κ2) is 8.53. The Hall–Kier alpha value is -2.55. The number of aryl methyl sites for hydroxylation is 1. The minimum atomic E-state index is -3.67. The smallest absolute Gasteiger partial charge is 0.246 e. The minimum Gasteiger partial charge on any atom is -0.495 e. The highest BCUT2D eigenvalue weighted by molar-refractivity contribution is 7.89. The molecule has 1 saturated heterocycles. The molecule has 0 N–H and O–H groups in total. The Bertz CT molecular complexity index is 1180. The van der Waals surface area contributed by atoms with E-state index >= 15 is 0 Å². The van der Waals surface area contributed by atoms with Crippen molar-refractivity contribution < 1.29 is 13.2 Å². The number of nitrogens with zero attached hydrogens (tertiary/aromatic N) is 4. The van der Waals surface area contributed by atoms with Gasteiger partial charge in [-0.25, -0.2) is 13.1 Å². The molecule has 2 aromatic carbocycles. The van der Waals surface area contributed by atoms with Gasteiger partial charge in [-0.3, -0.25) is 0 Å². The SMILES string of the molecule is COc1ccccc1N1CCN(S(=O)(=O)c2c(C)nn(-c3ccc(Cl)cc3)c2C)CC1. The van der Waals surface area contributed by atoms with Crippen LogP contribution >= 0.6 is 11.6 Å². The van der Waals surface area contributed by atoms with Gasteiger partial charge in [0.2, 0.25) is 10.0 Å². The van der Waals surface area contributed by atoms with Gasteiger partial charge in [0, 0.05) is 31.2 Å². The largest absolute Gasteiger partial charge is 0.495 e. The monoisotopic (exact) mass is 460 g/mol. The van der Waals surface area contributed by atoms with Crippen molar-refractivity contribution in [3.05, 3.63) is 64.9 Å². The number of sulfonamides is 1. The zero-order valence-corrected chi connectivity index (χ0v) is 19.3. The van der Waals surface area contributed by atoms with E-state index in [4.69, 9.17) is 16.3 Å². The second-order valence-corrected chi connectivity index (χ2v) is 9.76. The van der Waals surface area contributed by atoms with Crippen molar-refractivity contribution in [2.24, 2.45) is 0 Å². The van der Waals surface area contributed by atoms with E-state index in [0.717, 1.165) is 17.1 Å². The third-order valence-electron chi connectivity index (χ3n) is 5.56. The first-order valence-corrected chi connectivity index (χ1v) is 11.8. The zero-order chi connectivity index (χ0) is 22.2. The maximum Gasteiger partial charge on any atom is 0.246 e. The molecule has 0 bridgehead atoms. The van der Waals surface area contributed by atoms with E-state index in [1.807, 2.05) is 36.4 Å². The molecule has 4 rings (SSSR count). The van der Waals surface area contributed by atoms with Gasteiger partial charge in [-0.2, -0.15) is 9.40 Å². The van der Waals surface area contributed by atoms with Crippen molar-refractivity contribution >= 4 is 27.3 Å². The van der Waals surface area contributed by atoms with Gasteiger partial charge in [0.05, 0.1) is 29.9 Å². The first kappa shape index (κ1) is 21.7. The number of rotatable bonds is 5. The number of hydrogen-bond donors (Lipinski definition) is 0. The van der Waals surface area contributed by atoms with E-state index < -0.39 is 10.0 Å². The Morgan fingerprint density at radius 3 is 2.26 bits per heavy atom. The number of anilines is 1. The van der Waals surface area contributed by atoms with Crippen LogP contribution in [-0.2, 0) is 10.0 Å². The summed E-state index contributed by atoms with van der Waals surface area (Å²) in [4.78, 5) is 2.43. The van der Waals surface area contributed by atoms with Gasteiger partial charge in [0.15, 0.2) is 0 Å². The first-order chi connectivity index (χ1) is 14.8. The number of aromatic nitrogens is 2. The van der Waals surface area contributed by atoms with Gasteiger partial charge in [-0.1, -0.05) is 23.7 Å². The van der Waals surface area contributed by atoms with Crippen molar-refractivity contribution in [1.82, 2.24) is 14.1 Å². The number of benzene rings is 2. The summed E-state index contributed by atoms with van der Waals surface area (Å²) in [5.41, 5.74) is 2.82. The standard InChI is InChI=1S/C22H25ClN4O3S/c1-16-22(17(2)27(24-16)19-10-8-18(23)9-11-19)31(28,29)26-14-12-25(13-15-26)20-6-4-5-7-21(20)30-3/h4-11H,12-15H2,1-3H3. The molecule has 164 valence electrons. The number of hydrogen-bond acceptors (Lipinski definition) is 5. The highest BCUT2D eigenvalue weighted by Gasteiger charge is 2.34. The average molecular weight is 461 g/mol. The summed E-state index contributed by atoms with van der Waals surface area (Å²) >= 11 is 5.98. The van der Waals surface area contributed by atoms with Crippen LogP contribution in [0.3, 0.4) is 0 Å². The van der Waals surface area contributed by atoms with Crippen LogP contribution in [0.1, 0.15) is 11.4 Å². The molecule has 7 nitrogen and oxygen atoms in total. The Morgan fingerprint density at radius 2 is 1.61 bits per heavy atom. The van der Waals surface area contributed by atoms with Crippen LogP contribution in [0.2, 0.25) is 5.02 Å². The first-order valence-electron chi connectivity index (χ1n) is 10.0. The van der Waals surface area contributed by atoms with Gasteiger partial charge in [0.1, 0.15) is 10.6 Å². The molecule has 31 heavy (non-hydrogen) atoms. The molecule has 0 unspecified atom stereocenters. The lowest BCUT2D eigenvalue weighted by Crippen LogP contribution is -2.48. The van der Waals surface area contributed by atoms with Crippen molar-refractivity contribution in [2.75, 3.05) is 38.2 Å². The van der Waals surface area contributed by atoms with E-state index in [1.54, 1.807) is 42.1 Å². The van der Waals surface area contributed by atoms with E-state index in [-0.39, 0.29) is 4.90 Å². The fourth-order valence-corrected chi connectivity index (χ4v) is 5.93. The van der Waals surface area contributed by atoms with Crippen LogP contribution < -0.4 is 9.64 Å². The van der Waals surface area contributed by atoms with Crippen molar-refractivity contribution in [2.45, 2.75) is 18.7 Å². The van der Waals surface area contributed by atoms with Gasteiger partial charge in [0.25, 0.3) is 0 Å². The maximum absolute atomic E-state index is 13.5. The van der Waals surface area contributed by atoms with Gasteiger partial charge in [-0.05, 0) is 50.2 Å². The third kappa shape index (κ3) is 4.03. The molecule has 0 aliphatic carbocycles. The highest BCUT2D eigenvalue weighted by Crippen LogP contribution is 2.31. The van der Waals surface area contributed by atoms with Crippen LogP contribution in [0.15, 0.2) is 53.4 Å². The topological polar surface area (TPSA) is 67.7 Å². The van der Waals surface area contributed by atoms with E-state index in [9.17, 15) is 8.42 Å². The summed E-state index contributed by atoms with van der Waals surface area (Å²) in [6.45, 7) is 5.48. The van der Waals surface area contributed by atoms with Gasteiger partial charge in [-0.15, -0.1) is 0 Å². The average Bonchev–Trinajstić information content (AvgIpc) is 3.08. The van der Waals surface area contributed by atoms with E-state index in [1.165, 1.54) is 0 Å². The third-order valence-corrected chi connectivity index (χ3v) is 7.96. The quantitative estimate of drug-likeness (QED) is 0.581. The van der Waals surface area contributed by atoms with E-state index in [2.05, 4.69) is 10.00 Å². The van der Waals surface area contributed by atoms with Crippen LogP contribution in [0, 0.1) is 13.8 Å². The Kier molecular flexibility index (Phi) is 5.96. The fourth-order valence-electron chi connectivity index (χ4n) is 4.02. The van der Waals surface area contributed by atoms with Crippen LogP contribution in [0.4, 0.5) is 5.69 Å². The molecule has 2 heterocycles. The molecule has 1 aliphatic heterocycles. The summed E-state index contributed by atoms with van der Waals surface area (Å²) in [5, 5.41) is 5.11. The number of methoxy groups -OCH3 is 1. The zero-order valence-electron chi connectivity index (χ0n) is 17.7. The normalized spacial score (nSPS) is 15.3. The molecule has 0 spiro atoms.